The molecule has 1 aromatic carbocycles. The summed E-state index contributed by atoms with van der Waals surface area (Å²) < 4.78 is 0. The van der Waals surface area contributed by atoms with Gasteiger partial charge in [-0.15, -0.1) is 0 Å². The summed E-state index contributed by atoms with van der Waals surface area (Å²) in [5, 5.41) is 12.7. The van der Waals surface area contributed by atoms with Gasteiger partial charge in [-0.3, -0.25) is 4.79 Å². The summed E-state index contributed by atoms with van der Waals surface area (Å²) in [6, 6.07) is 10.2. The Hall–Kier alpha value is -1.35. The monoisotopic (exact) mass is 275 g/mol. The second kappa shape index (κ2) is 6.40. The molecule has 1 aromatic rings. The van der Waals surface area contributed by atoms with Crippen molar-refractivity contribution in [1.82, 2.24) is 5.32 Å². The number of nitrogens with one attached hydrogen (secondary N) is 1. The minimum atomic E-state index is -0.465. The maximum absolute atomic E-state index is 12.5. The summed E-state index contributed by atoms with van der Waals surface area (Å²) in [7, 11) is 0. The summed E-state index contributed by atoms with van der Waals surface area (Å²) in [5.74, 6) is 0.272. The largest absolute Gasteiger partial charge is 0.391 e. The van der Waals surface area contributed by atoms with E-state index in [1.165, 1.54) is 5.56 Å². The highest BCUT2D eigenvalue weighted by Gasteiger charge is 2.43. The number of benzene rings is 1. The van der Waals surface area contributed by atoms with Crippen molar-refractivity contribution in [3.63, 3.8) is 0 Å². The molecule has 3 heteroatoms. The van der Waals surface area contributed by atoms with Crippen molar-refractivity contribution in [1.29, 1.82) is 0 Å². The van der Waals surface area contributed by atoms with E-state index in [2.05, 4.69) is 17.4 Å². The fourth-order valence-corrected chi connectivity index (χ4v) is 2.69. The predicted octanol–water partition coefficient (Wildman–Crippen LogP) is 2.53. The lowest BCUT2D eigenvalue weighted by molar-refractivity contribution is -0.136. The average molecular weight is 275 g/mol. The normalized spacial score (nSPS) is 18.4. The van der Waals surface area contributed by atoms with Gasteiger partial charge in [-0.25, -0.2) is 0 Å². The number of aliphatic hydroxyl groups is 1. The van der Waals surface area contributed by atoms with Gasteiger partial charge in [-0.05, 0) is 30.7 Å². The molecule has 2 N–H and O–H groups in total. The van der Waals surface area contributed by atoms with Crippen LogP contribution in [0, 0.1) is 11.3 Å². The highest BCUT2D eigenvalue weighted by Crippen LogP contribution is 2.43. The van der Waals surface area contributed by atoms with E-state index in [4.69, 9.17) is 0 Å². The molecule has 1 unspecified atom stereocenters. The highest BCUT2D eigenvalue weighted by atomic mass is 16.3. The molecule has 0 radical (unpaired) electrons. The Morgan fingerprint density at radius 2 is 1.95 bits per heavy atom. The second-order valence-electron chi connectivity index (χ2n) is 6.32. The fraction of sp³-hybridized carbons (Fsp3) is 0.588. The maximum Gasteiger partial charge on any atom is 0.226 e. The SMILES string of the molecule is CC(C)C(O)CNC(=O)C1(Cc2ccccc2)CCC1. The lowest BCUT2D eigenvalue weighted by Gasteiger charge is -2.40. The number of aliphatic hydroxyl groups excluding tert-OH is 1. The molecule has 20 heavy (non-hydrogen) atoms. The quantitative estimate of drug-likeness (QED) is 0.838. The Morgan fingerprint density at radius 1 is 1.30 bits per heavy atom. The van der Waals surface area contributed by atoms with E-state index in [9.17, 15) is 9.90 Å². The first-order valence-corrected chi connectivity index (χ1v) is 7.54. The van der Waals surface area contributed by atoms with E-state index in [-0.39, 0.29) is 17.2 Å². The van der Waals surface area contributed by atoms with Crippen molar-refractivity contribution >= 4 is 5.91 Å². The van der Waals surface area contributed by atoms with Crippen LogP contribution in [-0.2, 0) is 11.2 Å². The van der Waals surface area contributed by atoms with Gasteiger partial charge in [0.1, 0.15) is 0 Å². The molecule has 1 saturated carbocycles. The maximum atomic E-state index is 12.5. The first-order chi connectivity index (χ1) is 9.53. The summed E-state index contributed by atoms with van der Waals surface area (Å²) in [6.45, 7) is 4.27. The van der Waals surface area contributed by atoms with Crippen LogP contribution in [0.1, 0.15) is 38.7 Å². The molecule has 1 amide bonds. The van der Waals surface area contributed by atoms with E-state index >= 15 is 0 Å². The first-order valence-electron chi connectivity index (χ1n) is 7.54. The Kier molecular flexibility index (Phi) is 4.81. The zero-order valence-corrected chi connectivity index (χ0v) is 12.4. The molecule has 0 spiro atoms. The third-order valence-electron chi connectivity index (χ3n) is 4.42. The number of carbonyl (C=O) groups is 1. The number of rotatable bonds is 6. The molecule has 0 heterocycles. The van der Waals surface area contributed by atoms with E-state index in [0.717, 1.165) is 25.7 Å². The minimum Gasteiger partial charge on any atom is -0.391 e. The molecule has 1 fully saturated rings. The Bertz CT molecular complexity index is 438. The van der Waals surface area contributed by atoms with Crippen LogP contribution in [0.3, 0.4) is 0 Å². The van der Waals surface area contributed by atoms with E-state index in [1.54, 1.807) is 0 Å². The van der Waals surface area contributed by atoms with Crippen LogP contribution in [0.4, 0.5) is 0 Å². The van der Waals surface area contributed by atoms with Crippen LogP contribution < -0.4 is 5.32 Å². The van der Waals surface area contributed by atoms with Gasteiger partial charge in [0.15, 0.2) is 0 Å². The van der Waals surface area contributed by atoms with Crippen LogP contribution >= 0.6 is 0 Å². The van der Waals surface area contributed by atoms with Gasteiger partial charge >= 0.3 is 0 Å². The lowest BCUT2D eigenvalue weighted by atomic mass is 9.64. The predicted molar refractivity (Wildman–Crippen MR) is 80.3 cm³/mol. The molecule has 110 valence electrons. The third-order valence-corrected chi connectivity index (χ3v) is 4.42. The van der Waals surface area contributed by atoms with Crippen molar-refractivity contribution in [3.8, 4) is 0 Å². The van der Waals surface area contributed by atoms with E-state index < -0.39 is 6.10 Å². The summed E-state index contributed by atoms with van der Waals surface area (Å²) in [5.41, 5.74) is 0.963. The Labute approximate surface area is 121 Å². The topological polar surface area (TPSA) is 49.3 Å². The molecule has 0 aromatic heterocycles. The Balaban J connectivity index is 1.95. The number of amides is 1. The molecule has 0 bridgehead atoms. The van der Waals surface area contributed by atoms with Crippen LogP contribution in [0.15, 0.2) is 30.3 Å². The molecule has 0 saturated heterocycles. The van der Waals surface area contributed by atoms with E-state index in [0.29, 0.717) is 6.54 Å². The van der Waals surface area contributed by atoms with Crippen LogP contribution in [0.5, 0.6) is 0 Å². The van der Waals surface area contributed by atoms with Crippen molar-refractivity contribution in [2.45, 2.75) is 45.6 Å². The summed E-state index contributed by atoms with van der Waals surface area (Å²) >= 11 is 0. The number of hydrogen-bond acceptors (Lipinski definition) is 2. The molecule has 1 aliphatic rings. The average Bonchev–Trinajstić information content (AvgIpc) is 2.40. The number of carbonyl (C=O) groups excluding carboxylic acids is 1. The van der Waals surface area contributed by atoms with Gasteiger partial charge in [0.25, 0.3) is 0 Å². The molecule has 2 rings (SSSR count). The van der Waals surface area contributed by atoms with Gasteiger partial charge in [0.2, 0.25) is 5.91 Å². The first kappa shape index (κ1) is 15.0. The molecular weight excluding hydrogens is 250 g/mol. The third kappa shape index (κ3) is 3.40. The standard InChI is InChI=1S/C17H25NO2/c1-13(2)15(19)12-18-16(20)17(9-6-10-17)11-14-7-4-3-5-8-14/h3-5,7-8,13,15,19H,6,9-12H2,1-2H3,(H,18,20). The molecule has 1 aliphatic carbocycles. The summed E-state index contributed by atoms with van der Waals surface area (Å²) in [6.07, 6.45) is 3.36. The van der Waals surface area contributed by atoms with Crippen molar-refractivity contribution in [2.24, 2.45) is 11.3 Å². The second-order valence-corrected chi connectivity index (χ2v) is 6.32. The highest BCUT2D eigenvalue weighted by molar-refractivity contribution is 5.83. The van der Waals surface area contributed by atoms with Crippen molar-refractivity contribution in [3.05, 3.63) is 35.9 Å². The smallest absolute Gasteiger partial charge is 0.226 e. The number of hydrogen-bond donors (Lipinski definition) is 2. The Morgan fingerprint density at radius 3 is 2.45 bits per heavy atom. The van der Waals surface area contributed by atoms with Crippen molar-refractivity contribution in [2.75, 3.05) is 6.54 Å². The lowest BCUT2D eigenvalue weighted by Crippen LogP contribution is -2.49. The fourth-order valence-electron chi connectivity index (χ4n) is 2.69. The van der Waals surface area contributed by atoms with Crippen LogP contribution in [-0.4, -0.2) is 23.7 Å². The molecular formula is C17H25NO2. The van der Waals surface area contributed by atoms with Gasteiger partial charge in [0, 0.05) is 6.54 Å². The summed E-state index contributed by atoms with van der Waals surface area (Å²) in [4.78, 5) is 12.5. The van der Waals surface area contributed by atoms with Crippen LogP contribution in [0.25, 0.3) is 0 Å². The van der Waals surface area contributed by atoms with E-state index in [1.807, 2.05) is 32.0 Å². The zero-order chi connectivity index (χ0) is 14.6. The zero-order valence-electron chi connectivity index (χ0n) is 12.4. The molecule has 0 aliphatic heterocycles. The molecule has 3 nitrogen and oxygen atoms in total. The van der Waals surface area contributed by atoms with Crippen molar-refractivity contribution < 1.29 is 9.90 Å². The van der Waals surface area contributed by atoms with Gasteiger partial charge < -0.3 is 10.4 Å². The minimum absolute atomic E-state index is 0.104. The van der Waals surface area contributed by atoms with Crippen LogP contribution in [0.2, 0.25) is 0 Å². The van der Waals surface area contributed by atoms with Gasteiger partial charge in [0.05, 0.1) is 11.5 Å². The van der Waals surface area contributed by atoms with Gasteiger partial charge in [-0.2, -0.15) is 0 Å². The van der Waals surface area contributed by atoms with Gasteiger partial charge in [-0.1, -0.05) is 50.6 Å². The molecule has 1 atom stereocenters.